The molecule has 0 heterocycles. The molecule has 0 aliphatic rings. The molecule has 0 aromatic heterocycles. The molecule has 2 atom stereocenters. The molecule has 0 spiro atoms. The molecule has 0 aliphatic carbocycles. The van der Waals surface area contributed by atoms with Crippen LogP contribution in [0.1, 0.15) is 38.9 Å². The highest BCUT2D eigenvalue weighted by molar-refractivity contribution is 9.10. The smallest absolute Gasteiger partial charge is 0.407 e. The summed E-state index contributed by atoms with van der Waals surface area (Å²) < 4.78 is 18.7. The summed E-state index contributed by atoms with van der Waals surface area (Å²) >= 11 is 3.02. The predicted octanol–water partition coefficient (Wildman–Crippen LogP) is 2.90. The van der Waals surface area contributed by atoms with Crippen LogP contribution in [0.15, 0.2) is 22.7 Å². The van der Waals surface area contributed by atoms with Gasteiger partial charge in [0.1, 0.15) is 17.5 Å². The molecule has 3 N–H and O–H groups in total. The molecule has 5 nitrogen and oxygen atoms in total. The third-order valence-corrected chi connectivity index (χ3v) is 3.40. The fourth-order valence-corrected chi connectivity index (χ4v) is 1.96. The van der Waals surface area contributed by atoms with Crippen molar-refractivity contribution < 1.29 is 24.1 Å². The summed E-state index contributed by atoms with van der Waals surface area (Å²) in [5.41, 5.74) is -0.331. The largest absolute Gasteiger partial charge is 0.444 e. The van der Waals surface area contributed by atoms with E-state index in [1.165, 1.54) is 12.1 Å². The molecule has 1 aromatic carbocycles. The number of nitrogens with one attached hydrogen (secondary N) is 1. The van der Waals surface area contributed by atoms with E-state index < -0.39 is 29.7 Å². The lowest BCUT2D eigenvalue weighted by Gasteiger charge is -2.21. The molecule has 22 heavy (non-hydrogen) atoms. The Labute approximate surface area is 137 Å². The fourth-order valence-electron chi connectivity index (χ4n) is 1.71. The van der Waals surface area contributed by atoms with E-state index in [1.54, 1.807) is 20.8 Å². The Morgan fingerprint density at radius 3 is 2.59 bits per heavy atom. The Kier molecular flexibility index (Phi) is 6.77. The Hall–Kier alpha value is -1.18. The normalized spacial score (nSPS) is 14.3. The van der Waals surface area contributed by atoms with E-state index >= 15 is 0 Å². The van der Waals surface area contributed by atoms with Gasteiger partial charge in [0.05, 0.1) is 10.6 Å². The average molecular weight is 378 g/mol. The second-order valence-electron chi connectivity index (χ2n) is 5.90. The lowest BCUT2D eigenvalue weighted by Crippen LogP contribution is -2.34. The number of carbonyl (C=O) groups is 1. The minimum absolute atomic E-state index is 0.109. The molecule has 1 aromatic rings. The van der Waals surface area contributed by atoms with E-state index in [4.69, 9.17) is 4.74 Å². The summed E-state index contributed by atoms with van der Waals surface area (Å²) in [6.45, 7) is 5.36. The summed E-state index contributed by atoms with van der Waals surface area (Å²) in [6, 6.07) is 4.13. The Morgan fingerprint density at radius 1 is 1.41 bits per heavy atom. The number of rotatable bonds is 5. The zero-order chi connectivity index (χ0) is 16.9. The van der Waals surface area contributed by atoms with Gasteiger partial charge in [0.25, 0.3) is 0 Å². The molecule has 0 bridgehead atoms. The fraction of sp³-hybridized carbons (Fsp3) is 0.533. The Bertz CT molecular complexity index is 519. The summed E-state index contributed by atoms with van der Waals surface area (Å²) in [5.74, 6) is -0.518. The maximum atomic E-state index is 13.4. The minimum atomic E-state index is -1.23. The van der Waals surface area contributed by atoms with Gasteiger partial charge in [-0.25, -0.2) is 9.18 Å². The van der Waals surface area contributed by atoms with Crippen LogP contribution in [0.5, 0.6) is 0 Å². The minimum Gasteiger partial charge on any atom is -0.444 e. The van der Waals surface area contributed by atoms with Crippen molar-refractivity contribution in [3.63, 3.8) is 0 Å². The molecule has 1 amide bonds. The number of aliphatic hydroxyl groups excluding tert-OH is 2. The molecule has 0 saturated carbocycles. The number of ether oxygens (including phenoxy) is 1. The molecule has 1 rings (SSSR count). The molecule has 0 saturated heterocycles. The quantitative estimate of drug-likeness (QED) is 0.736. The molecule has 0 fully saturated rings. The first kappa shape index (κ1) is 18.9. The maximum absolute atomic E-state index is 13.4. The van der Waals surface area contributed by atoms with E-state index in [2.05, 4.69) is 21.2 Å². The second kappa shape index (κ2) is 7.89. The van der Waals surface area contributed by atoms with Gasteiger partial charge in [-0.1, -0.05) is 6.07 Å². The molecular formula is C15H21BrFNO4. The van der Waals surface area contributed by atoms with E-state index in [9.17, 15) is 19.4 Å². The first-order valence-electron chi connectivity index (χ1n) is 6.88. The van der Waals surface area contributed by atoms with Crippen LogP contribution >= 0.6 is 15.9 Å². The highest BCUT2D eigenvalue weighted by atomic mass is 79.9. The van der Waals surface area contributed by atoms with Crippen molar-refractivity contribution in [1.82, 2.24) is 5.32 Å². The van der Waals surface area contributed by atoms with Gasteiger partial charge in [0.2, 0.25) is 0 Å². The van der Waals surface area contributed by atoms with Crippen LogP contribution in [-0.2, 0) is 4.74 Å². The van der Waals surface area contributed by atoms with E-state index in [1.807, 2.05) is 0 Å². The molecular weight excluding hydrogens is 357 g/mol. The summed E-state index contributed by atoms with van der Waals surface area (Å²) in [4.78, 5) is 11.4. The van der Waals surface area contributed by atoms with Crippen molar-refractivity contribution in [3.8, 4) is 0 Å². The standard InChI is InChI=1S/C15H21BrFNO4/c1-15(2,3)22-14(21)18-7-6-12(19)13(20)9-4-5-10(16)11(17)8-9/h4-5,8,12-13,19-20H,6-7H2,1-3H3,(H,18,21). The van der Waals surface area contributed by atoms with E-state index in [0.29, 0.717) is 0 Å². The van der Waals surface area contributed by atoms with Crippen molar-refractivity contribution in [2.75, 3.05) is 6.54 Å². The number of aliphatic hydroxyl groups is 2. The molecule has 0 radical (unpaired) electrons. The van der Waals surface area contributed by atoms with Crippen LogP contribution in [0.2, 0.25) is 0 Å². The Morgan fingerprint density at radius 2 is 2.05 bits per heavy atom. The first-order valence-corrected chi connectivity index (χ1v) is 7.67. The number of alkyl carbamates (subject to hydrolysis) is 1. The van der Waals surface area contributed by atoms with Crippen molar-refractivity contribution in [1.29, 1.82) is 0 Å². The second-order valence-corrected chi connectivity index (χ2v) is 6.76. The monoisotopic (exact) mass is 377 g/mol. The zero-order valence-electron chi connectivity index (χ0n) is 12.8. The summed E-state index contributed by atoms with van der Waals surface area (Å²) in [6.07, 6.45) is -2.85. The van der Waals surface area contributed by atoms with Gasteiger partial charge in [-0.3, -0.25) is 0 Å². The lowest BCUT2D eigenvalue weighted by atomic mass is 10.0. The third-order valence-electron chi connectivity index (χ3n) is 2.76. The molecule has 7 heteroatoms. The van der Waals surface area contributed by atoms with E-state index in [-0.39, 0.29) is 23.0 Å². The van der Waals surface area contributed by atoms with Gasteiger partial charge in [-0.15, -0.1) is 0 Å². The SMILES string of the molecule is CC(C)(C)OC(=O)NCCC(O)C(O)c1ccc(Br)c(F)c1. The highest BCUT2D eigenvalue weighted by Crippen LogP contribution is 2.23. The van der Waals surface area contributed by atoms with Gasteiger partial charge in [-0.05, 0) is 60.8 Å². The lowest BCUT2D eigenvalue weighted by molar-refractivity contribution is 0.0121. The number of carbonyl (C=O) groups excluding carboxylic acids is 1. The Balaban J connectivity index is 2.46. The van der Waals surface area contributed by atoms with Crippen molar-refractivity contribution in [2.45, 2.75) is 45.0 Å². The van der Waals surface area contributed by atoms with E-state index in [0.717, 1.165) is 6.07 Å². The van der Waals surface area contributed by atoms with Crippen molar-refractivity contribution >= 4 is 22.0 Å². The predicted molar refractivity (Wildman–Crippen MR) is 83.9 cm³/mol. The number of hydrogen-bond acceptors (Lipinski definition) is 4. The molecule has 124 valence electrons. The van der Waals surface area contributed by atoms with Gasteiger partial charge < -0.3 is 20.3 Å². The highest BCUT2D eigenvalue weighted by Gasteiger charge is 2.20. The van der Waals surface area contributed by atoms with Gasteiger partial charge in [-0.2, -0.15) is 0 Å². The summed E-state index contributed by atoms with van der Waals surface area (Å²) in [5, 5.41) is 22.4. The third kappa shape index (κ3) is 6.29. The number of halogens is 2. The average Bonchev–Trinajstić information content (AvgIpc) is 2.38. The van der Waals surface area contributed by atoms with Crippen molar-refractivity contribution in [2.24, 2.45) is 0 Å². The van der Waals surface area contributed by atoms with Crippen LogP contribution < -0.4 is 5.32 Å². The van der Waals surface area contributed by atoms with Crippen LogP contribution in [0.25, 0.3) is 0 Å². The topological polar surface area (TPSA) is 78.8 Å². The first-order chi connectivity index (χ1) is 10.1. The van der Waals surface area contributed by atoms with Crippen molar-refractivity contribution in [3.05, 3.63) is 34.1 Å². The van der Waals surface area contributed by atoms with Crippen LogP contribution in [0.3, 0.4) is 0 Å². The van der Waals surface area contributed by atoms with Crippen LogP contribution in [0.4, 0.5) is 9.18 Å². The summed E-state index contributed by atoms with van der Waals surface area (Å²) in [7, 11) is 0. The molecule has 0 aliphatic heterocycles. The zero-order valence-corrected chi connectivity index (χ0v) is 14.4. The van der Waals surface area contributed by atoms with Crippen LogP contribution in [0, 0.1) is 5.82 Å². The van der Waals surface area contributed by atoms with Crippen LogP contribution in [-0.4, -0.2) is 34.6 Å². The van der Waals surface area contributed by atoms with Gasteiger partial charge in [0.15, 0.2) is 0 Å². The number of benzene rings is 1. The maximum Gasteiger partial charge on any atom is 0.407 e. The van der Waals surface area contributed by atoms with Gasteiger partial charge >= 0.3 is 6.09 Å². The number of hydrogen-bond donors (Lipinski definition) is 3. The molecule has 2 unspecified atom stereocenters. The van der Waals surface area contributed by atoms with Gasteiger partial charge in [0, 0.05) is 6.54 Å². The number of amides is 1.